The first-order valence-electron chi connectivity index (χ1n) is 4.99. The molecule has 1 saturated carbocycles. The van der Waals surface area contributed by atoms with Gasteiger partial charge >= 0.3 is 12.1 Å². The van der Waals surface area contributed by atoms with Crippen molar-refractivity contribution >= 4 is 12.1 Å². The lowest BCUT2D eigenvalue weighted by atomic mass is 10.2. The maximum atomic E-state index is 11.3. The number of aliphatic carboxylic acids is 1. The highest BCUT2D eigenvalue weighted by molar-refractivity contribution is 5.70. The minimum atomic E-state index is -0.825. The predicted octanol–water partition coefficient (Wildman–Crippen LogP) is 1.37. The predicted molar refractivity (Wildman–Crippen MR) is 53.5 cm³/mol. The van der Waals surface area contributed by atoms with E-state index in [-0.39, 0.29) is 18.4 Å². The van der Waals surface area contributed by atoms with Crippen LogP contribution < -0.4 is 5.32 Å². The molecule has 0 aromatic heterocycles. The van der Waals surface area contributed by atoms with Gasteiger partial charge in [0.15, 0.2) is 0 Å². The number of amides is 1. The third-order valence-corrected chi connectivity index (χ3v) is 2.06. The minimum absolute atomic E-state index is 0.0315. The van der Waals surface area contributed by atoms with Gasteiger partial charge in [-0.15, -0.1) is 0 Å². The second-order valence-corrected chi connectivity index (χ2v) is 4.85. The molecule has 0 unspecified atom stereocenters. The van der Waals surface area contributed by atoms with E-state index in [0.717, 1.165) is 6.42 Å². The van der Waals surface area contributed by atoms with E-state index in [0.29, 0.717) is 0 Å². The summed E-state index contributed by atoms with van der Waals surface area (Å²) >= 11 is 0. The number of hydrogen-bond acceptors (Lipinski definition) is 3. The van der Waals surface area contributed by atoms with Gasteiger partial charge in [-0.25, -0.2) is 4.79 Å². The smallest absolute Gasteiger partial charge is 0.407 e. The average Bonchev–Trinajstić information content (AvgIpc) is 2.60. The molecule has 1 aliphatic rings. The van der Waals surface area contributed by atoms with Gasteiger partial charge in [-0.1, -0.05) is 0 Å². The fraction of sp³-hybridized carbons (Fsp3) is 0.800. The summed E-state index contributed by atoms with van der Waals surface area (Å²) in [5.41, 5.74) is -0.513. The van der Waals surface area contributed by atoms with Crippen LogP contribution in [0.15, 0.2) is 0 Å². The van der Waals surface area contributed by atoms with Crippen LogP contribution in [0.1, 0.15) is 33.6 Å². The Balaban J connectivity index is 2.22. The number of carboxylic acid groups (broad SMARTS) is 1. The number of hydrogen-bond donors (Lipinski definition) is 2. The van der Waals surface area contributed by atoms with E-state index in [2.05, 4.69) is 5.32 Å². The summed E-state index contributed by atoms with van der Waals surface area (Å²) in [5.74, 6) is -0.761. The highest BCUT2D eigenvalue weighted by Gasteiger charge is 2.40. The van der Waals surface area contributed by atoms with Gasteiger partial charge in [-0.2, -0.15) is 0 Å². The van der Waals surface area contributed by atoms with Crippen LogP contribution in [0.5, 0.6) is 0 Å². The molecule has 1 fully saturated rings. The second kappa shape index (κ2) is 4.08. The van der Waals surface area contributed by atoms with Crippen LogP contribution in [0, 0.1) is 5.92 Å². The molecule has 5 heteroatoms. The van der Waals surface area contributed by atoms with Gasteiger partial charge in [-0.3, -0.25) is 4.79 Å². The molecule has 0 radical (unpaired) electrons. The van der Waals surface area contributed by atoms with Crippen molar-refractivity contribution < 1.29 is 19.4 Å². The zero-order valence-electron chi connectivity index (χ0n) is 9.24. The van der Waals surface area contributed by atoms with Gasteiger partial charge < -0.3 is 15.2 Å². The van der Waals surface area contributed by atoms with Crippen LogP contribution in [-0.2, 0) is 9.53 Å². The first-order chi connectivity index (χ1) is 6.78. The second-order valence-electron chi connectivity index (χ2n) is 4.85. The molecule has 1 rings (SSSR count). The molecule has 0 aromatic rings. The summed E-state index contributed by atoms with van der Waals surface area (Å²) in [6.45, 7) is 5.36. The van der Waals surface area contributed by atoms with Gasteiger partial charge in [0.25, 0.3) is 0 Å². The summed E-state index contributed by atoms with van der Waals surface area (Å²) in [6, 6.07) is -0.0315. The van der Waals surface area contributed by atoms with Crippen LogP contribution in [0.4, 0.5) is 4.79 Å². The highest BCUT2D eigenvalue weighted by Crippen LogP contribution is 2.33. The van der Waals surface area contributed by atoms with Crippen molar-refractivity contribution in [1.29, 1.82) is 0 Å². The molecule has 0 aliphatic heterocycles. The Labute approximate surface area is 88.8 Å². The van der Waals surface area contributed by atoms with Gasteiger partial charge in [0.2, 0.25) is 0 Å². The summed E-state index contributed by atoms with van der Waals surface area (Å²) in [4.78, 5) is 21.6. The monoisotopic (exact) mass is 215 g/mol. The van der Waals surface area contributed by atoms with Crippen molar-refractivity contribution in [3.63, 3.8) is 0 Å². The molecule has 0 heterocycles. The molecule has 15 heavy (non-hydrogen) atoms. The number of carbonyl (C=O) groups is 2. The molecule has 1 aliphatic carbocycles. The van der Waals surface area contributed by atoms with Gasteiger partial charge in [0.1, 0.15) is 5.60 Å². The summed E-state index contributed by atoms with van der Waals surface area (Å²) in [5, 5.41) is 11.2. The van der Waals surface area contributed by atoms with Crippen molar-refractivity contribution in [2.24, 2.45) is 5.92 Å². The van der Waals surface area contributed by atoms with E-state index in [1.807, 2.05) is 0 Å². The minimum Gasteiger partial charge on any atom is -0.481 e. The van der Waals surface area contributed by atoms with E-state index in [9.17, 15) is 9.59 Å². The number of carboxylic acids is 1. The number of alkyl carbamates (subject to hydrolysis) is 1. The Morgan fingerprint density at radius 1 is 1.47 bits per heavy atom. The van der Waals surface area contributed by atoms with Crippen LogP contribution in [0.25, 0.3) is 0 Å². The standard InChI is InChI=1S/C10H17NO4/c1-10(2,3)15-9(14)11-7-4-6(7)5-8(12)13/h6-7H,4-5H2,1-3H3,(H,11,14)(H,12,13)/t6-,7+/m0/s1. The lowest BCUT2D eigenvalue weighted by Crippen LogP contribution is -2.34. The molecular formula is C10H17NO4. The molecule has 0 saturated heterocycles. The fourth-order valence-electron chi connectivity index (χ4n) is 1.33. The topological polar surface area (TPSA) is 75.6 Å². The van der Waals surface area contributed by atoms with Crippen LogP contribution in [-0.4, -0.2) is 28.8 Å². The molecule has 5 nitrogen and oxygen atoms in total. The molecule has 86 valence electrons. The molecule has 2 N–H and O–H groups in total. The van der Waals surface area contributed by atoms with Crippen molar-refractivity contribution in [2.45, 2.75) is 45.3 Å². The largest absolute Gasteiger partial charge is 0.481 e. The van der Waals surface area contributed by atoms with Crippen molar-refractivity contribution in [2.75, 3.05) is 0 Å². The van der Waals surface area contributed by atoms with E-state index < -0.39 is 17.7 Å². The third kappa shape index (κ3) is 4.67. The van der Waals surface area contributed by atoms with Gasteiger partial charge in [0, 0.05) is 6.04 Å². The zero-order valence-corrected chi connectivity index (χ0v) is 9.24. The number of nitrogens with one attached hydrogen (secondary N) is 1. The molecule has 0 spiro atoms. The Bertz CT molecular complexity index is 269. The highest BCUT2D eigenvalue weighted by atomic mass is 16.6. The van der Waals surface area contributed by atoms with Crippen molar-refractivity contribution in [3.8, 4) is 0 Å². The van der Waals surface area contributed by atoms with E-state index in [1.54, 1.807) is 20.8 Å². The molecular weight excluding hydrogens is 198 g/mol. The van der Waals surface area contributed by atoms with Gasteiger partial charge in [0.05, 0.1) is 6.42 Å². The molecule has 0 aromatic carbocycles. The zero-order chi connectivity index (χ0) is 11.6. The number of rotatable bonds is 3. The van der Waals surface area contributed by atoms with Crippen LogP contribution >= 0.6 is 0 Å². The quantitative estimate of drug-likeness (QED) is 0.745. The Hall–Kier alpha value is -1.26. The van der Waals surface area contributed by atoms with E-state index >= 15 is 0 Å². The molecule has 1 amide bonds. The normalized spacial score (nSPS) is 24.5. The van der Waals surface area contributed by atoms with Crippen LogP contribution in [0.2, 0.25) is 0 Å². The first kappa shape index (κ1) is 11.8. The van der Waals surface area contributed by atoms with E-state index in [1.165, 1.54) is 0 Å². The Morgan fingerprint density at radius 2 is 2.07 bits per heavy atom. The van der Waals surface area contributed by atoms with Gasteiger partial charge in [-0.05, 0) is 33.1 Å². The molecule has 0 bridgehead atoms. The maximum Gasteiger partial charge on any atom is 0.407 e. The summed E-state index contributed by atoms with van der Waals surface area (Å²) in [6.07, 6.45) is 0.367. The SMILES string of the molecule is CC(C)(C)OC(=O)N[C@@H]1C[C@H]1CC(=O)O. The van der Waals surface area contributed by atoms with Crippen molar-refractivity contribution in [1.82, 2.24) is 5.32 Å². The maximum absolute atomic E-state index is 11.3. The lowest BCUT2D eigenvalue weighted by Gasteiger charge is -2.19. The van der Waals surface area contributed by atoms with Crippen molar-refractivity contribution in [3.05, 3.63) is 0 Å². The third-order valence-electron chi connectivity index (χ3n) is 2.06. The Kier molecular flexibility index (Phi) is 3.21. The summed E-state index contributed by atoms with van der Waals surface area (Å²) < 4.78 is 5.04. The summed E-state index contributed by atoms with van der Waals surface area (Å²) in [7, 11) is 0. The number of ether oxygens (including phenoxy) is 1. The fourth-order valence-corrected chi connectivity index (χ4v) is 1.33. The van der Waals surface area contributed by atoms with E-state index in [4.69, 9.17) is 9.84 Å². The molecule has 2 atom stereocenters. The first-order valence-corrected chi connectivity index (χ1v) is 4.99. The Morgan fingerprint density at radius 3 is 2.53 bits per heavy atom. The lowest BCUT2D eigenvalue weighted by molar-refractivity contribution is -0.137. The average molecular weight is 215 g/mol. The number of carbonyl (C=O) groups excluding carboxylic acids is 1. The van der Waals surface area contributed by atoms with Crippen LogP contribution in [0.3, 0.4) is 0 Å².